The average molecular weight is 456 g/mol. The van der Waals surface area contributed by atoms with Crippen LogP contribution in [-0.2, 0) is 6.42 Å². The lowest BCUT2D eigenvalue weighted by atomic mass is 9.87. The summed E-state index contributed by atoms with van der Waals surface area (Å²) >= 11 is 7.70. The number of hydrogen-bond acceptors (Lipinski definition) is 6. The smallest absolute Gasteiger partial charge is 0.274 e. The van der Waals surface area contributed by atoms with Gasteiger partial charge in [-0.2, -0.15) is 0 Å². The first-order chi connectivity index (χ1) is 15.1. The predicted octanol–water partition coefficient (Wildman–Crippen LogP) is 4.66. The second-order valence-electron chi connectivity index (χ2n) is 7.02. The summed E-state index contributed by atoms with van der Waals surface area (Å²) in [5.74, 6) is 1.08. The van der Waals surface area contributed by atoms with Gasteiger partial charge in [-0.1, -0.05) is 53.7 Å². The van der Waals surface area contributed by atoms with E-state index >= 15 is 0 Å². The summed E-state index contributed by atoms with van der Waals surface area (Å²) < 4.78 is 11.0. The van der Waals surface area contributed by atoms with E-state index in [4.69, 9.17) is 21.1 Å². The normalized spacial score (nSPS) is 15.4. The number of ether oxygens (including phenoxy) is 2. The van der Waals surface area contributed by atoms with Crippen LogP contribution in [0.3, 0.4) is 0 Å². The molecular weight excluding hydrogens is 434 g/mol. The van der Waals surface area contributed by atoms with Gasteiger partial charge < -0.3 is 14.4 Å². The number of nitrogens with zero attached hydrogens (tertiary/aromatic N) is 3. The first-order valence-corrected chi connectivity index (χ1v) is 11.3. The van der Waals surface area contributed by atoms with Crippen LogP contribution in [0.25, 0.3) is 0 Å². The quantitative estimate of drug-likeness (QED) is 0.412. The lowest BCUT2D eigenvalue weighted by Gasteiger charge is -2.38. The van der Waals surface area contributed by atoms with Gasteiger partial charge in [-0.15, -0.1) is 0 Å². The van der Waals surface area contributed by atoms with E-state index in [-0.39, 0.29) is 22.7 Å². The summed E-state index contributed by atoms with van der Waals surface area (Å²) in [4.78, 5) is 24.0. The van der Waals surface area contributed by atoms with Crippen LogP contribution < -0.4 is 9.47 Å². The summed E-state index contributed by atoms with van der Waals surface area (Å²) in [6.07, 6.45) is 4.03. The minimum atomic E-state index is -0.305. The molecule has 0 radical (unpaired) electrons. The molecule has 2 heterocycles. The van der Waals surface area contributed by atoms with E-state index in [1.54, 1.807) is 14.2 Å². The number of fused-ring (bicyclic) bond motifs is 1. The van der Waals surface area contributed by atoms with Crippen molar-refractivity contribution in [3.63, 3.8) is 0 Å². The molecule has 31 heavy (non-hydrogen) atoms. The molecule has 1 amide bonds. The number of methoxy groups -OCH3 is 2. The second kappa shape index (κ2) is 9.16. The van der Waals surface area contributed by atoms with Gasteiger partial charge in [0.15, 0.2) is 22.3 Å². The van der Waals surface area contributed by atoms with Crippen molar-refractivity contribution in [2.24, 2.45) is 0 Å². The van der Waals surface area contributed by atoms with Crippen LogP contribution in [0.1, 0.15) is 33.2 Å². The van der Waals surface area contributed by atoms with Crippen LogP contribution in [0.5, 0.6) is 11.5 Å². The highest BCUT2D eigenvalue weighted by molar-refractivity contribution is 7.98. The molecule has 0 N–H and O–H groups in total. The van der Waals surface area contributed by atoms with E-state index in [2.05, 4.69) is 9.97 Å². The Hall–Kier alpha value is -2.77. The Morgan fingerprint density at radius 3 is 2.55 bits per heavy atom. The topological polar surface area (TPSA) is 64.6 Å². The molecule has 0 aliphatic carbocycles. The highest BCUT2D eigenvalue weighted by Gasteiger charge is 2.35. The lowest BCUT2D eigenvalue weighted by Crippen LogP contribution is -2.41. The molecule has 0 spiro atoms. The highest BCUT2D eigenvalue weighted by Crippen LogP contribution is 2.41. The maximum Gasteiger partial charge on any atom is 0.274 e. The summed E-state index contributed by atoms with van der Waals surface area (Å²) in [5.41, 5.74) is 3.33. The van der Waals surface area contributed by atoms with Gasteiger partial charge in [0.05, 0.1) is 31.5 Å². The number of thioether (sulfide) groups is 1. The average Bonchev–Trinajstić information content (AvgIpc) is 2.82. The first-order valence-electron chi connectivity index (χ1n) is 9.74. The van der Waals surface area contributed by atoms with E-state index in [0.29, 0.717) is 29.6 Å². The minimum absolute atomic E-state index is 0.214. The Kier molecular flexibility index (Phi) is 6.34. The van der Waals surface area contributed by atoms with Crippen molar-refractivity contribution in [3.8, 4) is 11.5 Å². The van der Waals surface area contributed by atoms with Crippen molar-refractivity contribution in [2.75, 3.05) is 27.0 Å². The Morgan fingerprint density at radius 2 is 1.87 bits per heavy atom. The zero-order valence-corrected chi connectivity index (χ0v) is 19.0. The SMILES string of the molecule is COc1cc2c(cc1OC)C(c1ccccc1)N(C(=O)c1nc(SC)ncc1Cl)CC2. The van der Waals surface area contributed by atoms with E-state index in [0.717, 1.165) is 16.7 Å². The Labute approximate surface area is 190 Å². The predicted molar refractivity (Wildman–Crippen MR) is 121 cm³/mol. The van der Waals surface area contributed by atoms with Crippen LogP contribution in [0.2, 0.25) is 5.02 Å². The third-order valence-electron chi connectivity index (χ3n) is 5.36. The van der Waals surface area contributed by atoms with Gasteiger partial charge in [-0.3, -0.25) is 4.79 Å². The molecule has 0 fully saturated rings. The molecule has 0 saturated heterocycles. The van der Waals surface area contributed by atoms with Gasteiger partial charge in [0.25, 0.3) is 5.91 Å². The monoisotopic (exact) mass is 455 g/mol. The molecule has 4 rings (SSSR count). The highest BCUT2D eigenvalue weighted by atomic mass is 35.5. The standard InChI is InChI=1S/C23H22ClN3O3S/c1-29-18-11-15-9-10-27(22(28)20-17(24)13-25-23(26-20)31-3)21(14-7-5-4-6-8-14)16(15)12-19(18)30-2/h4-8,11-13,21H,9-10H2,1-3H3. The number of rotatable bonds is 5. The zero-order chi connectivity index (χ0) is 22.0. The summed E-state index contributed by atoms with van der Waals surface area (Å²) in [6, 6.07) is 13.6. The zero-order valence-electron chi connectivity index (χ0n) is 17.5. The molecule has 1 unspecified atom stereocenters. The van der Waals surface area contributed by atoms with Gasteiger partial charge in [0, 0.05) is 6.54 Å². The van der Waals surface area contributed by atoms with Crippen molar-refractivity contribution in [2.45, 2.75) is 17.6 Å². The van der Waals surface area contributed by atoms with Gasteiger partial charge in [0.1, 0.15) is 0 Å². The molecule has 0 bridgehead atoms. The largest absolute Gasteiger partial charge is 0.493 e. The molecule has 3 aromatic rings. The minimum Gasteiger partial charge on any atom is -0.493 e. The van der Waals surface area contributed by atoms with E-state index < -0.39 is 0 Å². The van der Waals surface area contributed by atoms with Crippen molar-refractivity contribution < 1.29 is 14.3 Å². The number of carbonyl (C=O) groups is 1. The van der Waals surface area contributed by atoms with Crippen LogP contribution in [-0.4, -0.2) is 47.8 Å². The van der Waals surface area contributed by atoms with Crippen molar-refractivity contribution in [1.29, 1.82) is 0 Å². The first kappa shape index (κ1) is 21.5. The third kappa shape index (κ3) is 4.07. The fraction of sp³-hybridized carbons (Fsp3) is 0.261. The molecule has 1 aliphatic heterocycles. The van der Waals surface area contributed by atoms with Crippen LogP contribution >= 0.6 is 23.4 Å². The van der Waals surface area contributed by atoms with Crippen LogP contribution in [0, 0.1) is 0 Å². The Balaban J connectivity index is 1.85. The molecule has 1 atom stereocenters. The van der Waals surface area contributed by atoms with Gasteiger partial charge >= 0.3 is 0 Å². The molecule has 160 valence electrons. The number of halogens is 1. The van der Waals surface area contributed by atoms with E-state index in [1.165, 1.54) is 18.0 Å². The maximum absolute atomic E-state index is 13.6. The molecule has 1 aliphatic rings. The van der Waals surface area contributed by atoms with E-state index in [9.17, 15) is 4.79 Å². The lowest BCUT2D eigenvalue weighted by molar-refractivity contribution is 0.0687. The summed E-state index contributed by atoms with van der Waals surface area (Å²) in [5, 5.41) is 0.751. The fourth-order valence-electron chi connectivity index (χ4n) is 3.89. The Morgan fingerprint density at radius 1 is 1.16 bits per heavy atom. The van der Waals surface area contributed by atoms with Gasteiger partial charge in [0.2, 0.25) is 0 Å². The van der Waals surface area contributed by atoms with Crippen molar-refractivity contribution in [1.82, 2.24) is 14.9 Å². The van der Waals surface area contributed by atoms with Gasteiger partial charge in [-0.05, 0) is 41.5 Å². The summed E-state index contributed by atoms with van der Waals surface area (Å²) in [7, 11) is 3.23. The van der Waals surface area contributed by atoms with Gasteiger partial charge in [-0.25, -0.2) is 9.97 Å². The van der Waals surface area contributed by atoms with E-state index in [1.807, 2.05) is 53.6 Å². The maximum atomic E-state index is 13.6. The second-order valence-corrected chi connectivity index (χ2v) is 8.20. The number of benzene rings is 2. The van der Waals surface area contributed by atoms with Crippen LogP contribution in [0.15, 0.2) is 53.8 Å². The van der Waals surface area contributed by atoms with Crippen LogP contribution in [0.4, 0.5) is 0 Å². The molecule has 0 saturated carbocycles. The molecule has 1 aromatic heterocycles. The van der Waals surface area contributed by atoms with Crippen molar-refractivity contribution >= 4 is 29.3 Å². The molecule has 8 heteroatoms. The van der Waals surface area contributed by atoms with Crippen molar-refractivity contribution in [3.05, 3.63) is 76.1 Å². The summed E-state index contributed by atoms with van der Waals surface area (Å²) in [6.45, 7) is 0.524. The third-order valence-corrected chi connectivity index (χ3v) is 6.20. The fourth-order valence-corrected chi connectivity index (χ4v) is 4.41. The number of carbonyl (C=O) groups excluding carboxylic acids is 1. The molecular formula is C23H22ClN3O3S. The number of amides is 1. The number of hydrogen-bond donors (Lipinski definition) is 0. The molecule has 6 nitrogen and oxygen atoms in total. The number of aromatic nitrogens is 2. The Bertz CT molecular complexity index is 1110. The molecule has 2 aromatic carbocycles.